The Bertz CT molecular complexity index is 3260. The molecule has 0 radical (unpaired) electrons. The van der Waals surface area contributed by atoms with Gasteiger partial charge in [-0.2, -0.15) is 0 Å². The van der Waals surface area contributed by atoms with Crippen LogP contribution in [0.4, 0.5) is 0 Å². The predicted octanol–water partition coefficient (Wildman–Crippen LogP) is 13.1. The van der Waals surface area contributed by atoms with Crippen LogP contribution in [0.15, 0.2) is 194 Å². The van der Waals surface area contributed by atoms with E-state index in [2.05, 4.69) is 180 Å². The van der Waals surface area contributed by atoms with Gasteiger partial charge in [0.2, 0.25) is 0 Å². The Hall–Kier alpha value is -7.43. The van der Waals surface area contributed by atoms with Gasteiger partial charge in [0.05, 0.1) is 11.0 Å². The molecule has 4 heteroatoms. The molecule has 0 saturated heterocycles. The Balaban J connectivity index is 1.10. The van der Waals surface area contributed by atoms with Crippen LogP contribution in [-0.2, 0) is 0 Å². The van der Waals surface area contributed by atoms with Gasteiger partial charge in [0.15, 0.2) is 17.5 Å². The van der Waals surface area contributed by atoms with E-state index >= 15 is 0 Å². The van der Waals surface area contributed by atoms with Crippen molar-refractivity contribution < 1.29 is 0 Å². The minimum Gasteiger partial charge on any atom is -0.309 e. The van der Waals surface area contributed by atoms with Crippen molar-refractivity contribution in [2.45, 2.75) is 0 Å². The van der Waals surface area contributed by atoms with Crippen LogP contribution in [0.3, 0.4) is 0 Å². The molecule has 2 aromatic heterocycles. The Morgan fingerprint density at radius 3 is 1.75 bits per heavy atom. The van der Waals surface area contributed by atoms with Crippen molar-refractivity contribution in [3.63, 3.8) is 0 Å². The van der Waals surface area contributed by atoms with Crippen molar-refractivity contribution in [1.82, 2.24) is 19.5 Å². The molecule has 0 fully saturated rings. The van der Waals surface area contributed by atoms with Crippen LogP contribution in [0, 0.1) is 0 Å². The van der Waals surface area contributed by atoms with Crippen molar-refractivity contribution >= 4 is 54.1 Å². The third kappa shape index (κ3) is 5.26. The summed E-state index contributed by atoms with van der Waals surface area (Å²) in [5.41, 5.74) is 8.75. The van der Waals surface area contributed by atoms with Gasteiger partial charge in [-0.1, -0.05) is 152 Å². The minimum absolute atomic E-state index is 0.642. The Morgan fingerprint density at radius 1 is 0.291 bits per heavy atom. The van der Waals surface area contributed by atoms with E-state index < -0.39 is 0 Å². The van der Waals surface area contributed by atoms with Gasteiger partial charge in [0.1, 0.15) is 0 Å². The molecule has 0 amide bonds. The van der Waals surface area contributed by atoms with Crippen LogP contribution in [0.5, 0.6) is 0 Å². The summed E-state index contributed by atoms with van der Waals surface area (Å²) < 4.78 is 2.39. The highest BCUT2D eigenvalue weighted by atomic mass is 15.0. The molecule has 0 unspecified atom stereocenters. The van der Waals surface area contributed by atoms with Gasteiger partial charge in [-0.05, 0) is 85.9 Å². The maximum atomic E-state index is 5.23. The lowest BCUT2D eigenvalue weighted by Crippen LogP contribution is -2.00. The summed E-state index contributed by atoms with van der Waals surface area (Å²) >= 11 is 0. The first-order chi connectivity index (χ1) is 27.2. The van der Waals surface area contributed by atoms with Crippen molar-refractivity contribution in [1.29, 1.82) is 0 Å². The smallest absolute Gasteiger partial charge is 0.164 e. The molecule has 0 atom stereocenters. The quantitative estimate of drug-likeness (QED) is 0.168. The second kappa shape index (κ2) is 12.6. The molecule has 0 aliphatic rings. The van der Waals surface area contributed by atoms with Crippen molar-refractivity contribution in [2.24, 2.45) is 0 Å². The van der Waals surface area contributed by atoms with Crippen LogP contribution < -0.4 is 0 Å². The van der Waals surface area contributed by atoms with Gasteiger partial charge < -0.3 is 4.57 Å². The lowest BCUT2D eigenvalue weighted by atomic mass is 9.97. The maximum Gasteiger partial charge on any atom is 0.164 e. The van der Waals surface area contributed by atoms with Crippen molar-refractivity contribution in [3.05, 3.63) is 194 Å². The monoisotopic (exact) mass is 700 g/mol. The van der Waals surface area contributed by atoms with Crippen LogP contribution in [-0.4, -0.2) is 19.5 Å². The van der Waals surface area contributed by atoms with E-state index in [0.717, 1.165) is 43.9 Å². The maximum absolute atomic E-state index is 5.23. The zero-order valence-corrected chi connectivity index (χ0v) is 29.8. The molecule has 55 heavy (non-hydrogen) atoms. The molecule has 0 aliphatic carbocycles. The van der Waals surface area contributed by atoms with E-state index in [0.29, 0.717) is 17.5 Å². The third-order valence-electron chi connectivity index (χ3n) is 10.8. The zero-order valence-electron chi connectivity index (χ0n) is 29.8. The van der Waals surface area contributed by atoms with Crippen molar-refractivity contribution in [3.8, 4) is 51.0 Å². The normalized spacial score (nSPS) is 11.6. The van der Waals surface area contributed by atoms with E-state index in [1.54, 1.807) is 0 Å². The van der Waals surface area contributed by atoms with E-state index in [1.165, 1.54) is 43.7 Å². The number of hydrogen-bond acceptors (Lipinski definition) is 3. The lowest BCUT2D eigenvalue weighted by molar-refractivity contribution is 1.08. The summed E-state index contributed by atoms with van der Waals surface area (Å²) in [6.07, 6.45) is 0. The topological polar surface area (TPSA) is 43.6 Å². The SMILES string of the molecule is c1ccc(-c2cccc(-n3c4ccccc4c4cc5cc(-c6nc(-c7ccccc7)nc(-c7cc8ccccc8c8ccccc78)n6)ccc5cc43)c2)cc1. The lowest BCUT2D eigenvalue weighted by Gasteiger charge is -2.13. The second-order valence-electron chi connectivity index (χ2n) is 14.1. The molecule has 0 saturated carbocycles. The Kier molecular flexibility index (Phi) is 7.14. The molecule has 0 aliphatic heterocycles. The molecular formula is C51H32N4. The average Bonchev–Trinajstić information content (AvgIpc) is 3.58. The predicted molar refractivity (Wildman–Crippen MR) is 228 cm³/mol. The Morgan fingerprint density at radius 2 is 0.927 bits per heavy atom. The molecule has 4 nitrogen and oxygen atoms in total. The number of benzene rings is 9. The number of nitrogens with zero attached hydrogens (tertiary/aromatic N) is 4. The highest BCUT2D eigenvalue weighted by Crippen LogP contribution is 2.38. The number of rotatable bonds is 5. The average molecular weight is 701 g/mol. The largest absolute Gasteiger partial charge is 0.309 e. The summed E-state index contributed by atoms with van der Waals surface area (Å²) in [7, 11) is 0. The first-order valence-electron chi connectivity index (χ1n) is 18.6. The summed E-state index contributed by atoms with van der Waals surface area (Å²) in [5, 5.41) is 9.36. The first-order valence-corrected chi connectivity index (χ1v) is 18.6. The van der Waals surface area contributed by atoms with E-state index in [9.17, 15) is 0 Å². The molecule has 11 aromatic rings. The van der Waals surface area contributed by atoms with Gasteiger partial charge in [-0.15, -0.1) is 0 Å². The van der Waals surface area contributed by atoms with Crippen molar-refractivity contribution in [2.75, 3.05) is 0 Å². The molecule has 11 rings (SSSR count). The number of hydrogen-bond donors (Lipinski definition) is 0. The summed E-state index contributed by atoms with van der Waals surface area (Å²) in [6, 6.07) is 68.8. The highest BCUT2D eigenvalue weighted by molar-refractivity contribution is 6.15. The van der Waals surface area contributed by atoms with Gasteiger partial charge in [0.25, 0.3) is 0 Å². The standard InChI is InChI=1S/C51H32N4/c1-3-14-33(15-4-1)35-19-13-20-40(29-35)55-47-25-12-11-24-44(47)45-31-39-28-38(27-26-36(39)32-48(45)55)50-52-49(34-16-5-2-6-17-34)53-51(54-50)46-30-37-18-7-8-21-41(37)42-22-9-10-23-43(42)46/h1-32H. The van der Waals surface area contributed by atoms with Gasteiger partial charge >= 0.3 is 0 Å². The highest BCUT2D eigenvalue weighted by Gasteiger charge is 2.18. The molecule has 2 heterocycles. The molecular weight excluding hydrogens is 669 g/mol. The van der Waals surface area contributed by atoms with Gasteiger partial charge in [0, 0.05) is 33.2 Å². The third-order valence-corrected chi connectivity index (χ3v) is 10.8. The van der Waals surface area contributed by atoms with Crippen LogP contribution in [0.2, 0.25) is 0 Å². The van der Waals surface area contributed by atoms with E-state index in [1.807, 2.05) is 18.2 Å². The van der Waals surface area contributed by atoms with Crippen LogP contribution in [0.1, 0.15) is 0 Å². The number of para-hydroxylation sites is 1. The minimum atomic E-state index is 0.642. The second-order valence-corrected chi connectivity index (χ2v) is 14.1. The zero-order chi connectivity index (χ0) is 36.3. The molecule has 0 spiro atoms. The summed E-state index contributed by atoms with van der Waals surface area (Å²) in [6.45, 7) is 0. The van der Waals surface area contributed by atoms with Gasteiger partial charge in [-0.25, -0.2) is 15.0 Å². The Labute approximate surface area is 317 Å². The first kappa shape index (κ1) is 31.1. The number of fused-ring (bicyclic) bond motifs is 7. The fourth-order valence-electron chi connectivity index (χ4n) is 8.17. The van der Waals surface area contributed by atoms with Gasteiger partial charge in [-0.3, -0.25) is 0 Å². The fourth-order valence-corrected chi connectivity index (χ4v) is 8.17. The fraction of sp³-hybridized carbons (Fsp3) is 0. The molecule has 0 bridgehead atoms. The number of aromatic nitrogens is 4. The molecule has 256 valence electrons. The van der Waals surface area contributed by atoms with Crippen LogP contribution >= 0.6 is 0 Å². The van der Waals surface area contributed by atoms with Crippen LogP contribution in [0.25, 0.3) is 105 Å². The summed E-state index contributed by atoms with van der Waals surface area (Å²) in [5.74, 6) is 1.94. The molecule has 0 N–H and O–H groups in total. The van der Waals surface area contributed by atoms with E-state index in [4.69, 9.17) is 15.0 Å². The van der Waals surface area contributed by atoms with E-state index in [-0.39, 0.29) is 0 Å². The summed E-state index contributed by atoms with van der Waals surface area (Å²) in [4.78, 5) is 15.5. The molecule has 9 aromatic carbocycles.